The zero-order valence-electron chi connectivity index (χ0n) is 15.4. The third kappa shape index (κ3) is 3.32. The first kappa shape index (κ1) is 17.7. The van der Waals surface area contributed by atoms with Gasteiger partial charge in [-0.2, -0.15) is 0 Å². The summed E-state index contributed by atoms with van der Waals surface area (Å²) in [4.78, 5) is 31.2. The Hall–Kier alpha value is -3.67. The number of rotatable bonds is 5. The van der Waals surface area contributed by atoms with Crippen molar-refractivity contribution in [2.24, 2.45) is 0 Å². The lowest BCUT2D eigenvalue weighted by Gasteiger charge is -2.04. The molecule has 6 nitrogen and oxygen atoms in total. The third-order valence-electron chi connectivity index (χ3n) is 4.54. The van der Waals surface area contributed by atoms with Gasteiger partial charge in [0.1, 0.15) is 0 Å². The molecule has 0 saturated heterocycles. The van der Waals surface area contributed by atoms with Crippen molar-refractivity contribution in [1.82, 2.24) is 14.5 Å². The van der Waals surface area contributed by atoms with Crippen LogP contribution in [-0.4, -0.2) is 27.1 Å². The van der Waals surface area contributed by atoms with E-state index >= 15 is 0 Å². The highest BCUT2D eigenvalue weighted by atomic mass is 16.5. The van der Waals surface area contributed by atoms with E-state index in [1.54, 1.807) is 6.92 Å². The van der Waals surface area contributed by atoms with E-state index in [1.807, 2.05) is 65.4 Å². The lowest BCUT2D eigenvalue weighted by atomic mass is 10.0. The number of fused-ring (bicyclic) bond motifs is 1. The van der Waals surface area contributed by atoms with Gasteiger partial charge in [0.2, 0.25) is 0 Å². The van der Waals surface area contributed by atoms with E-state index in [0.29, 0.717) is 17.6 Å². The molecule has 140 valence electrons. The number of esters is 1. The molecule has 0 unspecified atom stereocenters. The van der Waals surface area contributed by atoms with Crippen LogP contribution < -0.4 is 5.56 Å². The van der Waals surface area contributed by atoms with Gasteiger partial charge in [0.15, 0.2) is 5.65 Å². The second kappa shape index (κ2) is 7.52. The fraction of sp³-hybridized carbons (Fsp3) is 0.136. The first-order chi connectivity index (χ1) is 13.7. The molecule has 0 radical (unpaired) electrons. The number of carbonyl (C=O) groups excluding carboxylic acids is 1. The Kier molecular flexibility index (Phi) is 4.76. The van der Waals surface area contributed by atoms with Crippen molar-refractivity contribution in [3.8, 4) is 16.8 Å². The Morgan fingerprint density at radius 3 is 2.57 bits per heavy atom. The van der Waals surface area contributed by atoms with Crippen LogP contribution in [0.4, 0.5) is 0 Å². The van der Waals surface area contributed by atoms with Crippen molar-refractivity contribution < 1.29 is 9.53 Å². The average molecular weight is 373 g/mol. The molecular formula is C22H19N3O3. The van der Waals surface area contributed by atoms with Crippen molar-refractivity contribution in [3.05, 3.63) is 83.0 Å². The van der Waals surface area contributed by atoms with Gasteiger partial charge < -0.3 is 14.3 Å². The number of benzene rings is 2. The summed E-state index contributed by atoms with van der Waals surface area (Å²) in [6, 6.07) is 17.3. The molecule has 0 saturated carbocycles. The molecule has 1 N–H and O–H groups in total. The second-order valence-corrected chi connectivity index (χ2v) is 6.36. The molecule has 2 aromatic carbocycles. The summed E-state index contributed by atoms with van der Waals surface area (Å²) in [5.74, 6) is -0.253. The SMILES string of the molecule is CCOC(=O)Cc1ccc(-c2cn(-c3ccccc3)c3nc[nH]c(=O)c23)cc1. The predicted molar refractivity (Wildman–Crippen MR) is 107 cm³/mol. The topological polar surface area (TPSA) is 77.0 Å². The van der Waals surface area contributed by atoms with E-state index < -0.39 is 0 Å². The van der Waals surface area contributed by atoms with E-state index in [9.17, 15) is 9.59 Å². The van der Waals surface area contributed by atoms with Crippen LogP contribution in [0.2, 0.25) is 0 Å². The van der Waals surface area contributed by atoms with Crippen LogP contribution in [0, 0.1) is 0 Å². The summed E-state index contributed by atoms with van der Waals surface area (Å²) < 4.78 is 6.90. The molecule has 0 aliphatic heterocycles. The van der Waals surface area contributed by atoms with Crippen molar-refractivity contribution in [2.45, 2.75) is 13.3 Å². The number of carbonyl (C=O) groups is 1. The molecule has 6 heteroatoms. The lowest BCUT2D eigenvalue weighted by Crippen LogP contribution is -2.07. The number of para-hydroxylation sites is 1. The van der Waals surface area contributed by atoms with Gasteiger partial charge in [0.25, 0.3) is 5.56 Å². The fourth-order valence-corrected chi connectivity index (χ4v) is 3.26. The molecule has 0 fully saturated rings. The smallest absolute Gasteiger partial charge is 0.310 e. The number of nitrogens with zero attached hydrogens (tertiary/aromatic N) is 2. The highest BCUT2D eigenvalue weighted by Gasteiger charge is 2.16. The van der Waals surface area contributed by atoms with Gasteiger partial charge in [0, 0.05) is 17.4 Å². The Morgan fingerprint density at radius 2 is 1.86 bits per heavy atom. The van der Waals surface area contributed by atoms with Crippen molar-refractivity contribution >= 4 is 17.0 Å². The Bertz CT molecular complexity index is 1180. The van der Waals surface area contributed by atoms with Gasteiger partial charge in [-0.1, -0.05) is 42.5 Å². The maximum atomic E-state index is 12.5. The van der Waals surface area contributed by atoms with Gasteiger partial charge in [0.05, 0.1) is 24.7 Å². The molecule has 0 aliphatic rings. The maximum absolute atomic E-state index is 12.5. The van der Waals surface area contributed by atoms with Gasteiger partial charge in [-0.05, 0) is 30.2 Å². The lowest BCUT2D eigenvalue weighted by molar-refractivity contribution is -0.142. The van der Waals surface area contributed by atoms with Crippen LogP contribution in [0.15, 0.2) is 71.9 Å². The summed E-state index contributed by atoms with van der Waals surface area (Å²) in [5, 5.41) is 0.532. The minimum Gasteiger partial charge on any atom is -0.466 e. The summed E-state index contributed by atoms with van der Waals surface area (Å²) >= 11 is 0. The largest absolute Gasteiger partial charge is 0.466 e. The van der Waals surface area contributed by atoms with E-state index in [2.05, 4.69) is 9.97 Å². The van der Waals surface area contributed by atoms with Crippen LogP contribution in [-0.2, 0) is 16.0 Å². The van der Waals surface area contributed by atoms with E-state index in [4.69, 9.17) is 4.74 Å². The molecule has 0 bridgehead atoms. The molecule has 2 heterocycles. The zero-order chi connectivity index (χ0) is 19.5. The normalized spacial score (nSPS) is 10.9. The second-order valence-electron chi connectivity index (χ2n) is 6.36. The minimum absolute atomic E-state index is 0.190. The van der Waals surface area contributed by atoms with Crippen LogP contribution in [0.5, 0.6) is 0 Å². The van der Waals surface area contributed by atoms with Gasteiger partial charge in [-0.3, -0.25) is 9.59 Å². The fourth-order valence-electron chi connectivity index (χ4n) is 3.26. The first-order valence-corrected chi connectivity index (χ1v) is 9.06. The maximum Gasteiger partial charge on any atom is 0.310 e. The molecule has 2 aromatic heterocycles. The summed E-state index contributed by atoms with van der Waals surface area (Å²) in [6.45, 7) is 2.15. The quantitative estimate of drug-likeness (QED) is 0.543. The minimum atomic E-state index is -0.253. The molecular weight excluding hydrogens is 354 g/mol. The van der Waals surface area contributed by atoms with Crippen molar-refractivity contribution in [1.29, 1.82) is 0 Å². The van der Waals surface area contributed by atoms with E-state index in [-0.39, 0.29) is 17.9 Å². The van der Waals surface area contributed by atoms with Crippen LogP contribution in [0.25, 0.3) is 27.8 Å². The van der Waals surface area contributed by atoms with Crippen LogP contribution in [0.3, 0.4) is 0 Å². The molecule has 0 atom stereocenters. The number of H-pyrrole nitrogens is 1. The molecule has 28 heavy (non-hydrogen) atoms. The highest BCUT2D eigenvalue weighted by Crippen LogP contribution is 2.29. The van der Waals surface area contributed by atoms with Crippen LogP contribution in [0.1, 0.15) is 12.5 Å². The molecule has 0 amide bonds. The Labute approximate surface area is 161 Å². The third-order valence-corrected chi connectivity index (χ3v) is 4.54. The number of hydrogen-bond donors (Lipinski definition) is 1. The van der Waals surface area contributed by atoms with Gasteiger partial charge in [-0.25, -0.2) is 4.98 Å². The monoisotopic (exact) mass is 373 g/mol. The average Bonchev–Trinajstić information content (AvgIpc) is 3.10. The first-order valence-electron chi connectivity index (χ1n) is 9.06. The predicted octanol–water partition coefficient (Wildman–Crippen LogP) is 3.49. The number of aromatic nitrogens is 3. The van der Waals surface area contributed by atoms with Gasteiger partial charge in [-0.15, -0.1) is 0 Å². The molecule has 4 aromatic rings. The number of nitrogens with one attached hydrogen (secondary N) is 1. The summed E-state index contributed by atoms with van der Waals surface area (Å²) in [5.41, 5.74) is 3.87. The molecule has 0 aliphatic carbocycles. The summed E-state index contributed by atoms with van der Waals surface area (Å²) in [6.07, 6.45) is 3.56. The van der Waals surface area contributed by atoms with E-state index in [0.717, 1.165) is 22.4 Å². The number of hydrogen-bond acceptors (Lipinski definition) is 4. The standard InChI is InChI=1S/C22H19N3O3/c1-2-28-19(26)12-15-8-10-16(11-9-15)18-13-25(17-6-4-3-5-7-17)21-20(18)22(27)24-14-23-21/h3-11,13-14H,2,12H2,1H3,(H,23,24,27). The molecule has 0 spiro atoms. The summed E-state index contributed by atoms with van der Waals surface area (Å²) in [7, 11) is 0. The number of aromatic amines is 1. The van der Waals surface area contributed by atoms with E-state index in [1.165, 1.54) is 6.33 Å². The number of ether oxygens (including phenoxy) is 1. The Balaban J connectivity index is 1.79. The molecule has 4 rings (SSSR count). The Morgan fingerprint density at radius 1 is 1.11 bits per heavy atom. The highest BCUT2D eigenvalue weighted by molar-refractivity contribution is 5.94. The van der Waals surface area contributed by atoms with Crippen molar-refractivity contribution in [3.63, 3.8) is 0 Å². The van der Waals surface area contributed by atoms with Crippen molar-refractivity contribution in [2.75, 3.05) is 6.61 Å². The van der Waals surface area contributed by atoms with Gasteiger partial charge >= 0.3 is 5.97 Å². The zero-order valence-corrected chi connectivity index (χ0v) is 15.4. The van der Waals surface area contributed by atoms with Crippen LogP contribution >= 0.6 is 0 Å².